The summed E-state index contributed by atoms with van der Waals surface area (Å²) in [5.74, 6) is 0. The van der Waals surface area contributed by atoms with Crippen LogP contribution in [0.2, 0.25) is 0 Å². The summed E-state index contributed by atoms with van der Waals surface area (Å²) in [6.07, 6.45) is 1.26. The van der Waals surface area contributed by atoms with Gasteiger partial charge in [-0.05, 0) is 40.2 Å². The first kappa shape index (κ1) is 12.6. The molecule has 0 aromatic rings. The minimum atomic E-state index is -0.503. The largest absolute Gasteiger partial charge is 0.444 e. The molecule has 1 aliphatic carbocycles. The Hall–Kier alpha value is -0.810. The van der Waals surface area contributed by atoms with Gasteiger partial charge in [-0.1, -0.05) is 0 Å². The molecule has 1 amide bonds. The van der Waals surface area contributed by atoms with E-state index in [2.05, 4.69) is 0 Å². The molecule has 0 atom stereocenters. The molecule has 0 aromatic heterocycles. The van der Waals surface area contributed by atoms with Crippen molar-refractivity contribution in [1.82, 2.24) is 4.90 Å². The van der Waals surface area contributed by atoms with E-state index in [0.29, 0.717) is 13.1 Å². The number of amides is 1. The Morgan fingerprint density at radius 1 is 1.47 bits per heavy atom. The highest BCUT2D eigenvalue weighted by atomic mass is 16.6. The summed E-state index contributed by atoms with van der Waals surface area (Å²) in [5, 5.41) is 9.50. The molecule has 3 aliphatic rings. The Balaban J connectivity index is 2.10. The van der Waals surface area contributed by atoms with E-state index in [4.69, 9.17) is 10.5 Å². The first-order valence-electron chi connectivity index (χ1n) is 6.08. The van der Waals surface area contributed by atoms with E-state index in [1.54, 1.807) is 4.90 Å². The third kappa shape index (κ3) is 1.91. The van der Waals surface area contributed by atoms with Crippen molar-refractivity contribution >= 4 is 6.09 Å². The van der Waals surface area contributed by atoms with Gasteiger partial charge in [0.05, 0.1) is 12.1 Å². The van der Waals surface area contributed by atoms with Crippen LogP contribution in [0.25, 0.3) is 0 Å². The summed E-state index contributed by atoms with van der Waals surface area (Å²) in [6.45, 7) is 6.70. The number of aliphatic hydroxyl groups excluding tert-OH is 1. The zero-order valence-electron chi connectivity index (χ0n) is 10.8. The lowest BCUT2D eigenvalue weighted by atomic mass is 9.62. The molecule has 0 aromatic carbocycles. The van der Waals surface area contributed by atoms with Gasteiger partial charge < -0.3 is 15.6 Å². The summed E-state index contributed by atoms with van der Waals surface area (Å²) < 4.78 is 5.37. The zero-order chi connectivity index (χ0) is 12.9. The fraction of sp³-hybridized carbons (Fsp3) is 0.917. The van der Waals surface area contributed by atoms with E-state index in [0.717, 1.165) is 12.8 Å². The second-order valence-corrected chi connectivity index (χ2v) is 6.51. The van der Waals surface area contributed by atoms with Crippen LogP contribution in [-0.4, -0.2) is 46.9 Å². The average molecular weight is 242 g/mol. The fourth-order valence-electron chi connectivity index (χ4n) is 3.13. The summed E-state index contributed by atoms with van der Waals surface area (Å²) >= 11 is 0. The normalized spacial score (nSPS) is 35.7. The predicted octanol–water partition coefficient (Wildman–Crippen LogP) is 0.707. The number of nitrogens with two attached hydrogens (primary N) is 1. The van der Waals surface area contributed by atoms with Crippen molar-refractivity contribution in [2.24, 2.45) is 11.1 Å². The van der Waals surface area contributed by atoms with Crippen molar-refractivity contribution in [2.45, 2.75) is 44.8 Å². The Morgan fingerprint density at radius 3 is 2.47 bits per heavy atom. The van der Waals surface area contributed by atoms with E-state index < -0.39 is 11.1 Å². The number of nitrogens with zero attached hydrogens (tertiary/aromatic N) is 1. The standard InChI is InChI=1S/C12H22N2O3/c1-10(2,3)17-9(16)14-7-11(6-13)4-12(14,5-11)8-15/h15H,4-8,13H2,1-3H3. The van der Waals surface area contributed by atoms with Crippen molar-refractivity contribution < 1.29 is 14.6 Å². The van der Waals surface area contributed by atoms with Gasteiger partial charge in [-0.15, -0.1) is 0 Å². The number of carbonyl (C=O) groups is 1. The Morgan fingerprint density at radius 2 is 2.06 bits per heavy atom. The topological polar surface area (TPSA) is 75.8 Å². The van der Waals surface area contributed by atoms with Crippen molar-refractivity contribution in [1.29, 1.82) is 0 Å². The molecule has 0 unspecified atom stereocenters. The lowest BCUT2D eigenvalue weighted by molar-refractivity contribution is -0.0183. The van der Waals surface area contributed by atoms with Crippen LogP contribution in [0.4, 0.5) is 4.79 Å². The van der Waals surface area contributed by atoms with Crippen LogP contribution in [0.3, 0.4) is 0 Å². The molecule has 17 heavy (non-hydrogen) atoms. The minimum absolute atomic E-state index is 0.00596. The smallest absolute Gasteiger partial charge is 0.410 e. The van der Waals surface area contributed by atoms with E-state index in [1.165, 1.54) is 0 Å². The minimum Gasteiger partial charge on any atom is -0.444 e. The summed E-state index contributed by atoms with van der Waals surface area (Å²) in [6, 6.07) is 0. The van der Waals surface area contributed by atoms with Gasteiger partial charge in [0.15, 0.2) is 0 Å². The molecule has 3 fully saturated rings. The van der Waals surface area contributed by atoms with Gasteiger partial charge in [-0.3, -0.25) is 4.90 Å². The second kappa shape index (κ2) is 3.59. The molecule has 0 radical (unpaired) electrons. The SMILES string of the molecule is CC(C)(C)OC(=O)N1CC2(CN)CC1(CO)C2. The Kier molecular flexibility index (Phi) is 2.67. The molecule has 3 N–H and O–H groups in total. The third-order valence-corrected chi connectivity index (χ3v) is 3.82. The van der Waals surface area contributed by atoms with Crippen LogP contribution >= 0.6 is 0 Å². The zero-order valence-corrected chi connectivity index (χ0v) is 10.8. The maximum Gasteiger partial charge on any atom is 0.410 e. The number of fused-ring (bicyclic) bond motifs is 1. The highest BCUT2D eigenvalue weighted by Gasteiger charge is 2.66. The van der Waals surface area contributed by atoms with Gasteiger partial charge >= 0.3 is 6.09 Å². The van der Waals surface area contributed by atoms with Crippen LogP contribution in [0, 0.1) is 5.41 Å². The second-order valence-electron chi connectivity index (χ2n) is 6.51. The maximum absolute atomic E-state index is 12.1. The number of hydrogen-bond donors (Lipinski definition) is 2. The molecule has 0 spiro atoms. The maximum atomic E-state index is 12.1. The van der Waals surface area contributed by atoms with Crippen molar-refractivity contribution in [3.63, 3.8) is 0 Å². The van der Waals surface area contributed by atoms with Gasteiger partial charge in [-0.25, -0.2) is 4.79 Å². The number of ether oxygens (including phenoxy) is 1. The van der Waals surface area contributed by atoms with Crippen LogP contribution in [0.1, 0.15) is 33.6 Å². The Labute approximate surface area is 102 Å². The van der Waals surface area contributed by atoms with Crippen molar-refractivity contribution in [3.05, 3.63) is 0 Å². The monoisotopic (exact) mass is 242 g/mol. The van der Waals surface area contributed by atoms with E-state index in [9.17, 15) is 9.90 Å². The molecule has 2 aliphatic heterocycles. The molecular weight excluding hydrogens is 220 g/mol. The van der Waals surface area contributed by atoms with E-state index in [-0.39, 0.29) is 18.1 Å². The molecule has 2 heterocycles. The average Bonchev–Trinajstić information content (AvgIpc) is 2.64. The summed E-state index contributed by atoms with van der Waals surface area (Å²) in [7, 11) is 0. The third-order valence-electron chi connectivity index (χ3n) is 3.82. The lowest BCUT2D eigenvalue weighted by Crippen LogP contribution is -2.55. The van der Waals surface area contributed by atoms with Crippen LogP contribution in [-0.2, 0) is 4.74 Å². The van der Waals surface area contributed by atoms with Crippen LogP contribution < -0.4 is 5.73 Å². The van der Waals surface area contributed by atoms with Crippen molar-refractivity contribution in [2.75, 3.05) is 19.7 Å². The summed E-state index contributed by atoms with van der Waals surface area (Å²) in [4.78, 5) is 13.7. The number of carbonyl (C=O) groups excluding carboxylic acids is 1. The highest BCUT2D eigenvalue weighted by molar-refractivity contribution is 5.71. The first-order chi connectivity index (χ1) is 7.76. The molecule has 1 saturated carbocycles. The van der Waals surface area contributed by atoms with E-state index >= 15 is 0 Å². The van der Waals surface area contributed by atoms with Gasteiger partial charge in [-0.2, -0.15) is 0 Å². The summed E-state index contributed by atoms with van der Waals surface area (Å²) in [5.41, 5.74) is 4.84. The predicted molar refractivity (Wildman–Crippen MR) is 63.5 cm³/mol. The lowest BCUT2D eigenvalue weighted by Gasteiger charge is -2.46. The van der Waals surface area contributed by atoms with E-state index in [1.807, 2.05) is 20.8 Å². The molecule has 2 bridgehead atoms. The quantitative estimate of drug-likeness (QED) is 0.747. The molecule has 98 valence electrons. The Bertz CT molecular complexity index is 329. The number of hydrogen-bond acceptors (Lipinski definition) is 4. The molecule has 5 heteroatoms. The highest BCUT2D eigenvalue weighted by Crippen LogP contribution is 2.58. The van der Waals surface area contributed by atoms with Gasteiger partial charge in [0.25, 0.3) is 0 Å². The first-order valence-corrected chi connectivity index (χ1v) is 6.08. The fourth-order valence-corrected chi connectivity index (χ4v) is 3.13. The molecular formula is C12H22N2O3. The molecule has 5 nitrogen and oxygen atoms in total. The van der Waals surface area contributed by atoms with Gasteiger partial charge in [0, 0.05) is 12.0 Å². The van der Waals surface area contributed by atoms with Crippen LogP contribution in [0.15, 0.2) is 0 Å². The molecule has 2 saturated heterocycles. The van der Waals surface area contributed by atoms with Crippen molar-refractivity contribution in [3.8, 4) is 0 Å². The van der Waals surface area contributed by atoms with Crippen LogP contribution in [0.5, 0.6) is 0 Å². The van der Waals surface area contributed by atoms with Gasteiger partial charge in [0.1, 0.15) is 5.60 Å². The number of rotatable bonds is 2. The molecule has 3 rings (SSSR count). The van der Waals surface area contributed by atoms with Gasteiger partial charge in [0.2, 0.25) is 0 Å². The number of aliphatic hydroxyl groups is 1.